The van der Waals surface area contributed by atoms with Gasteiger partial charge in [0, 0.05) is 31.2 Å². The minimum absolute atomic E-state index is 0. The Balaban J connectivity index is 0.00000261. The number of carbonyl (C=O) groups is 2. The van der Waals surface area contributed by atoms with Gasteiger partial charge >= 0.3 is 0 Å². The molecule has 144 valence electrons. The summed E-state index contributed by atoms with van der Waals surface area (Å²) in [5.41, 5.74) is 8.97. The molecule has 3 N–H and O–H groups in total. The summed E-state index contributed by atoms with van der Waals surface area (Å²) >= 11 is 0. The number of benzene rings is 2. The first-order valence-corrected chi connectivity index (χ1v) is 9.02. The molecule has 0 aliphatic carbocycles. The van der Waals surface area contributed by atoms with Crippen LogP contribution in [0.2, 0.25) is 0 Å². The van der Waals surface area contributed by atoms with Crippen LogP contribution in [0, 0.1) is 5.92 Å². The van der Waals surface area contributed by atoms with Crippen molar-refractivity contribution in [1.29, 1.82) is 0 Å². The van der Waals surface area contributed by atoms with Crippen LogP contribution in [-0.4, -0.2) is 23.3 Å². The first kappa shape index (κ1) is 20.9. The highest BCUT2D eigenvalue weighted by atomic mass is 35.5. The van der Waals surface area contributed by atoms with Crippen molar-refractivity contribution in [1.82, 2.24) is 4.90 Å². The smallest absolute Gasteiger partial charge is 0.229 e. The number of hydrogen-bond acceptors (Lipinski definition) is 3. The SMILES string of the molecule is CC(C(=O)Nc1ccc(CN2CCCC2=O)cc1)C(N)c1ccccc1.Cl. The van der Waals surface area contributed by atoms with Gasteiger partial charge in [0.05, 0.1) is 5.92 Å². The number of hydrogen-bond donors (Lipinski definition) is 2. The van der Waals surface area contributed by atoms with Gasteiger partial charge < -0.3 is 16.0 Å². The molecular weight excluding hydrogens is 362 g/mol. The van der Waals surface area contributed by atoms with Gasteiger partial charge in [-0.15, -0.1) is 12.4 Å². The molecule has 3 rings (SSSR count). The molecule has 2 atom stereocenters. The molecule has 2 amide bonds. The Morgan fingerprint density at radius 1 is 1.15 bits per heavy atom. The fourth-order valence-corrected chi connectivity index (χ4v) is 3.17. The fourth-order valence-electron chi connectivity index (χ4n) is 3.17. The molecule has 6 heteroatoms. The lowest BCUT2D eigenvalue weighted by Crippen LogP contribution is -2.30. The number of rotatable bonds is 6. The molecular formula is C21H26ClN3O2. The third-order valence-electron chi connectivity index (χ3n) is 4.90. The third-order valence-corrected chi connectivity index (χ3v) is 4.90. The van der Waals surface area contributed by atoms with Gasteiger partial charge in [-0.3, -0.25) is 9.59 Å². The average molecular weight is 388 g/mol. The quantitative estimate of drug-likeness (QED) is 0.796. The summed E-state index contributed by atoms with van der Waals surface area (Å²) in [4.78, 5) is 26.1. The average Bonchev–Trinajstić information content (AvgIpc) is 3.07. The summed E-state index contributed by atoms with van der Waals surface area (Å²) in [6, 6.07) is 16.9. The van der Waals surface area contributed by atoms with Gasteiger partial charge in [0.15, 0.2) is 0 Å². The Hall–Kier alpha value is -2.37. The van der Waals surface area contributed by atoms with Crippen LogP contribution in [0.3, 0.4) is 0 Å². The molecule has 1 aliphatic rings. The molecule has 2 aromatic rings. The van der Waals surface area contributed by atoms with E-state index in [4.69, 9.17) is 5.73 Å². The molecule has 1 aliphatic heterocycles. The minimum atomic E-state index is -0.350. The van der Waals surface area contributed by atoms with E-state index >= 15 is 0 Å². The number of nitrogens with zero attached hydrogens (tertiary/aromatic N) is 1. The highest BCUT2D eigenvalue weighted by Gasteiger charge is 2.22. The van der Waals surface area contributed by atoms with E-state index in [1.807, 2.05) is 66.4 Å². The van der Waals surface area contributed by atoms with Gasteiger partial charge in [0.1, 0.15) is 0 Å². The summed E-state index contributed by atoms with van der Waals surface area (Å²) in [7, 11) is 0. The summed E-state index contributed by atoms with van der Waals surface area (Å²) in [6.07, 6.45) is 1.58. The first-order chi connectivity index (χ1) is 12.5. The van der Waals surface area contributed by atoms with Crippen molar-refractivity contribution in [3.8, 4) is 0 Å². The van der Waals surface area contributed by atoms with E-state index in [9.17, 15) is 9.59 Å². The van der Waals surface area contributed by atoms with E-state index in [0.29, 0.717) is 13.0 Å². The summed E-state index contributed by atoms with van der Waals surface area (Å²) in [5.74, 6) is -0.241. The lowest BCUT2D eigenvalue weighted by Gasteiger charge is -2.20. The van der Waals surface area contributed by atoms with Crippen LogP contribution in [0.5, 0.6) is 0 Å². The van der Waals surface area contributed by atoms with Gasteiger partial charge in [-0.25, -0.2) is 0 Å². The molecule has 0 aromatic heterocycles. The van der Waals surface area contributed by atoms with Crippen LogP contribution in [0.25, 0.3) is 0 Å². The van der Waals surface area contributed by atoms with Crippen LogP contribution in [0.15, 0.2) is 54.6 Å². The number of anilines is 1. The number of carbonyl (C=O) groups excluding carboxylic acids is 2. The maximum absolute atomic E-state index is 12.5. The first-order valence-electron chi connectivity index (χ1n) is 9.02. The number of nitrogens with two attached hydrogens (primary N) is 1. The van der Waals surface area contributed by atoms with E-state index in [2.05, 4.69) is 5.32 Å². The molecule has 1 fully saturated rings. The van der Waals surface area contributed by atoms with Crippen molar-refractivity contribution in [3.63, 3.8) is 0 Å². The van der Waals surface area contributed by atoms with E-state index in [0.717, 1.165) is 29.8 Å². The van der Waals surface area contributed by atoms with Crippen LogP contribution in [0.4, 0.5) is 5.69 Å². The minimum Gasteiger partial charge on any atom is -0.338 e. The Morgan fingerprint density at radius 2 is 1.81 bits per heavy atom. The normalized spacial score (nSPS) is 15.8. The van der Waals surface area contributed by atoms with Crippen molar-refractivity contribution in [2.75, 3.05) is 11.9 Å². The Kier molecular flexibility index (Phi) is 7.39. The standard InChI is InChI=1S/C21H25N3O2.ClH/c1-15(20(22)17-6-3-2-4-7-17)21(26)23-18-11-9-16(10-12-18)14-24-13-5-8-19(24)25;/h2-4,6-7,9-12,15,20H,5,8,13-14,22H2,1H3,(H,23,26);1H. The van der Waals surface area contributed by atoms with Gasteiger partial charge in [-0.2, -0.15) is 0 Å². The van der Waals surface area contributed by atoms with Gasteiger partial charge in [-0.1, -0.05) is 49.4 Å². The van der Waals surface area contributed by atoms with Crippen molar-refractivity contribution in [2.45, 2.75) is 32.4 Å². The zero-order valence-corrected chi connectivity index (χ0v) is 16.2. The zero-order chi connectivity index (χ0) is 18.5. The molecule has 2 unspecified atom stereocenters. The number of amides is 2. The van der Waals surface area contributed by atoms with E-state index < -0.39 is 0 Å². The zero-order valence-electron chi connectivity index (χ0n) is 15.4. The van der Waals surface area contributed by atoms with Gasteiger partial charge in [-0.05, 0) is 29.7 Å². The third kappa shape index (κ3) is 5.31. The highest BCUT2D eigenvalue weighted by molar-refractivity contribution is 5.92. The van der Waals surface area contributed by atoms with Crippen molar-refractivity contribution in [2.24, 2.45) is 11.7 Å². The Morgan fingerprint density at radius 3 is 2.41 bits per heavy atom. The summed E-state index contributed by atoms with van der Waals surface area (Å²) in [6.45, 7) is 3.29. The predicted molar refractivity (Wildman–Crippen MR) is 110 cm³/mol. The lowest BCUT2D eigenvalue weighted by molar-refractivity contribution is -0.128. The number of nitrogens with one attached hydrogen (secondary N) is 1. The Bertz CT molecular complexity index is 765. The molecule has 0 spiro atoms. The maximum Gasteiger partial charge on any atom is 0.229 e. The van der Waals surface area contributed by atoms with E-state index in [-0.39, 0.29) is 36.2 Å². The van der Waals surface area contributed by atoms with E-state index in [1.54, 1.807) is 0 Å². The van der Waals surface area contributed by atoms with Gasteiger partial charge in [0.25, 0.3) is 0 Å². The predicted octanol–water partition coefficient (Wildman–Crippen LogP) is 3.51. The molecule has 0 radical (unpaired) electrons. The van der Waals surface area contributed by atoms with Crippen molar-refractivity contribution < 1.29 is 9.59 Å². The van der Waals surface area contributed by atoms with Gasteiger partial charge in [0.2, 0.25) is 11.8 Å². The van der Waals surface area contributed by atoms with Crippen LogP contribution < -0.4 is 11.1 Å². The second-order valence-electron chi connectivity index (χ2n) is 6.83. The molecule has 0 bridgehead atoms. The highest BCUT2D eigenvalue weighted by Crippen LogP contribution is 2.21. The van der Waals surface area contributed by atoms with Crippen LogP contribution >= 0.6 is 12.4 Å². The maximum atomic E-state index is 12.5. The molecule has 0 saturated carbocycles. The van der Waals surface area contributed by atoms with Crippen LogP contribution in [-0.2, 0) is 16.1 Å². The second kappa shape index (κ2) is 9.53. The summed E-state index contributed by atoms with van der Waals surface area (Å²) in [5, 5.41) is 2.92. The largest absolute Gasteiger partial charge is 0.338 e. The van der Waals surface area contributed by atoms with E-state index in [1.165, 1.54) is 0 Å². The summed E-state index contributed by atoms with van der Waals surface area (Å²) < 4.78 is 0. The Labute approximate surface area is 166 Å². The van der Waals surface area contributed by atoms with Crippen LogP contribution in [0.1, 0.15) is 36.9 Å². The number of halogens is 1. The molecule has 5 nitrogen and oxygen atoms in total. The monoisotopic (exact) mass is 387 g/mol. The van der Waals surface area contributed by atoms with Crippen molar-refractivity contribution >= 4 is 29.9 Å². The molecule has 1 heterocycles. The topological polar surface area (TPSA) is 75.4 Å². The molecule has 27 heavy (non-hydrogen) atoms. The number of likely N-dealkylation sites (tertiary alicyclic amines) is 1. The molecule has 2 aromatic carbocycles. The lowest BCUT2D eigenvalue weighted by atomic mass is 9.94. The fraction of sp³-hybridized carbons (Fsp3) is 0.333. The second-order valence-corrected chi connectivity index (χ2v) is 6.83. The van der Waals surface area contributed by atoms with Crippen molar-refractivity contribution in [3.05, 3.63) is 65.7 Å². The molecule has 1 saturated heterocycles.